The van der Waals surface area contributed by atoms with Crippen LogP contribution in [0.1, 0.15) is 5.56 Å². The summed E-state index contributed by atoms with van der Waals surface area (Å²) in [6.07, 6.45) is 0. The standard InChI is InChI=1S/C15H16ClF2N3/c1-9-14(16)13-11(18)7-10(17)8-12(13)19-15(9)21-5-3-20(2)4-6-21/h7-8H,3-6H2,1-2H3. The van der Waals surface area contributed by atoms with Crippen molar-refractivity contribution in [3.05, 3.63) is 34.4 Å². The van der Waals surface area contributed by atoms with Gasteiger partial charge < -0.3 is 9.80 Å². The third-order valence-corrected chi connectivity index (χ3v) is 4.42. The lowest BCUT2D eigenvalue weighted by Gasteiger charge is -2.34. The number of benzene rings is 1. The summed E-state index contributed by atoms with van der Waals surface area (Å²) in [6.45, 7) is 5.32. The molecule has 3 nitrogen and oxygen atoms in total. The smallest absolute Gasteiger partial charge is 0.137 e. The molecule has 1 aliphatic rings. The van der Waals surface area contributed by atoms with Gasteiger partial charge in [0.25, 0.3) is 0 Å². The summed E-state index contributed by atoms with van der Waals surface area (Å²) in [7, 11) is 2.07. The predicted octanol–water partition coefficient (Wildman–Crippen LogP) is 3.23. The second-order valence-corrected chi connectivity index (χ2v) is 5.82. The van der Waals surface area contributed by atoms with Crippen molar-refractivity contribution in [3.8, 4) is 0 Å². The molecule has 0 amide bonds. The van der Waals surface area contributed by atoms with Crippen molar-refractivity contribution in [2.24, 2.45) is 0 Å². The van der Waals surface area contributed by atoms with Gasteiger partial charge in [-0.05, 0) is 14.0 Å². The molecule has 0 radical (unpaired) electrons. The Kier molecular flexibility index (Phi) is 3.71. The van der Waals surface area contributed by atoms with Crippen molar-refractivity contribution in [2.45, 2.75) is 6.92 Å². The molecule has 1 fully saturated rings. The summed E-state index contributed by atoms with van der Waals surface area (Å²) in [5.74, 6) is -0.599. The number of nitrogens with zero attached hydrogens (tertiary/aromatic N) is 3. The van der Waals surface area contributed by atoms with Crippen LogP contribution in [0.3, 0.4) is 0 Å². The number of hydrogen-bond acceptors (Lipinski definition) is 3. The lowest BCUT2D eigenvalue weighted by molar-refractivity contribution is 0.312. The number of anilines is 1. The van der Waals surface area contributed by atoms with E-state index in [1.165, 1.54) is 6.07 Å². The van der Waals surface area contributed by atoms with Crippen LogP contribution in [0.5, 0.6) is 0 Å². The van der Waals surface area contributed by atoms with E-state index < -0.39 is 11.6 Å². The van der Waals surface area contributed by atoms with E-state index >= 15 is 0 Å². The Balaban J connectivity index is 2.14. The lowest BCUT2D eigenvalue weighted by atomic mass is 10.1. The molecule has 2 aromatic rings. The maximum absolute atomic E-state index is 13.9. The second kappa shape index (κ2) is 5.39. The Bertz CT molecular complexity index is 697. The molecular weight excluding hydrogens is 296 g/mol. The van der Waals surface area contributed by atoms with E-state index in [4.69, 9.17) is 11.6 Å². The van der Waals surface area contributed by atoms with Gasteiger partial charge in [0.2, 0.25) is 0 Å². The van der Waals surface area contributed by atoms with Crippen molar-refractivity contribution in [2.75, 3.05) is 38.1 Å². The number of halogens is 3. The largest absolute Gasteiger partial charge is 0.354 e. The number of piperazine rings is 1. The Morgan fingerprint density at radius 2 is 1.81 bits per heavy atom. The van der Waals surface area contributed by atoms with E-state index in [1.54, 1.807) is 0 Å². The van der Waals surface area contributed by atoms with Crippen LogP contribution in [0.4, 0.5) is 14.6 Å². The average Bonchev–Trinajstić information content (AvgIpc) is 2.43. The number of pyridine rings is 1. The van der Waals surface area contributed by atoms with Crippen molar-refractivity contribution >= 4 is 28.3 Å². The van der Waals surface area contributed by atoms with Gasteiger partial charge in [-0.3, -0.25) is 0 Å². The molecule has 0 saturated carbocycles. The fourth-order valence-electron chi connectivity index (χ4n) is 2.68. The molecule has 1 saturated heterocycles. The minimum absolute atomic E-state index is 0.188. The van der Waals surface area contributed by atoms with Crippen LogP contribution in [0, 0.1) is 18.6 Å². The summed E-state index contributed by atoms with van der Waals surface area (Å²) in [5, 5.41) is 0.500. The van der Waals surface area contributed by atoms with Gasteiger partial charge in [-0.15, -0.1) is 0 Å². The van der Waals surface area contributed by atoms with Gasteiger partial charge in [0.1, 0.15) is 17.5 Å². The molecule has 0 bridgehead atoms. The molecule has 0 aliphatic carbocycles. The van der Waals surface area contributed by atoms with Crippen molar-refractivity contribution in [3.63, 3.8) is 0 Å². The first-order valence-electron chi connectivity index (χ1n) is 6.85. The first-order valence-corrected chi connectivity index (χ1v) is 7.23. The molecule has 1 aliphatic heterocycles. The molecule has 0 spiro atoms. The quantitative estimate of drug-likeness (QED) is 0.806. The highest BCUT2D eigenvalue weighted by atomic mass is 35.5. The minimum atomic E-state index is -0.671. The average molecular weight is 312 g/mol. The van der Waals surface area contributed by atoms with Gasteiger partial charge >= 0.3 is 0 Å². The topological polar surface area (TPSA) is 19.4 Å². The van der Waals surface area contributed by atoms with E-state index in [2.05, 4.69) is 21.8 Å². The van der Waals surface area contributed by atoms with E-state index in [0.29, 0.717) is 10.8 Å². The lowest BCUT2D eigenvalue weighted by Crippen LogP contribution is -2.45. The number of aromatic nitrogens is 1. The van der Waals surface area contributed by atoms with Crippen LogP contribution < -0.4 is 4.90 Å². The molecule has 6 heteroatoms. The minimum Gasteiger partial charge on any atom is -0.354 e. The Hall–Kier alpha value is -1.46. The summed E-state index contributed by atoms with van der Waals surface area (Å²) in [4.78, 5) is 8.79. The SMILES string of the molecule is Cc1c(N2CCN(C)CC2)nc2cc(F)cc(F)c2c1Cl. The van der Waals surface area contributed by atoms with E-state index in [1.807, 2.05) is 6.92 Å². The van der Waals surface area contributed by atoms with Crippen molar-refractivity contribution in [1.82, 2.24) is 9.88 Å². The molecule has 0 atom stereocenters. The highest BCUT2D eigenvalue weighted by Gasteiger charge is 2.21. The maximum atomic E-state index is 13.9. The molecule has 112 valence electrons. The van der Waals surface area contributed by atoms with Gasteiger partial charge in [0.15, 0.2) is 0 Å². The van der Waals surface area contributed by atoms with E-state index in [0.717, 1.165) is 37.8 Å². The summed E-state index contributed by atoms with van der Waals surface area (Å²) in [6, 6.07) is 2.06. The van der Waals surface area contributed by atoms with Gasteiger partial charge in [0.05, 0.1) is 15.9 Å². The first-order chi connectivity index (χ1) is 9.97. The summed E-state index contributed by atoms with van der Waals surface area (Å²) < 4.78 is 27.3. The van der Waals surface area contributed by atoms with E-state index in [-0.39, 0.29) is 10.9 Å². The van der Waals surface area contributed by atoms with Crippen LogP contribution in [0.15, 0.2) is 12.1 Å². The number of likely N-dealkylation sites (N-methyl/N-ethyl adjacent to an activating group) is 1. The fourth-order valence-corrected chi connectivity index (χ4v) is 2.95. The van der Waals surface area contributed by atoms with Crippen LogP contribution >= 0.6 is 11.6 Å². The highest BCUT2D eigenvalue weighted by Crippen LogP contribution is 2.34. The molecule has 3 rings (SSSR count). The van der Waals surface area contributed by atoms with Gasteiger partial charge in [0, 0.05) is 43.9 Å². The Labute approximate surface area is 127 Å². The fraction of sp³-hybridized carbons (Fsp3) is 0.400. The summed E-state index contributed by atoms with van der Waals surface area (Å²) >= 11 is 6.30. The first kappa shape index (κ1) is 14.5. The Morgan fingerprint density at radius 3 is 2.48 bits per heavy atom. The van der Waals surface area contributed by atoms with Gasteiger partial charge in [-0.2, -0.15) is 0 Å². The molecule has 2 heterocycles. The molecule has 0 N–H and O–H groups in total. The van der Waals surface area contributed by atoms with Crippen molar-refractivity contribution in [1.29, 1.82) is 0 Å². The number of fused-ring (bicyclic) bond motifs is 1. The molecule has 21 heavy (non-hydrogen) atoms. The zero-order valence-electron chi connectivity index (χ0n) is 12.0. The van der Waals surface area contributed by atoms with Crippen LogP contribution in [-0.4, -0.2) is 43.1 Å². The molecular formula is C15H16ClF2N3. The predicted molar refractivity (Wildman–Crippen MR) is 81.1 cm³/mol. The third kappa shape index (κ3) is 2.56. The number of rotatable bonds is 1. The molecule has 0 unspecified atom stereocenters. The summed E-state index contributed by atoms with van der Waals surface area (Å²) in [5.41, 5.74) is 0.997. The highest BCUT2D eigenvalue weighted by molar-refractivity contribution is 6.36. The third-order valence-electron chi connectivity index (χ3n) is 3.95. The van der Waals surface area contributed by atoms with E-state index in [9.17, 15) is 8.78 Å². The van der Waals surface area contributed by atoms with Crippen LogP contribution in [-0.2, 0) is 0 Å². The Morgan fingerprint density at radius 1 is 1.14 bits per heavy atom. The van der Waals surface area contributed by atoms with Crippen molar-refractivity contribution < 1.29 is 8.78 Å². The van der Waals surface area contributed by atoms with Gasteiger partial charge in [-0.25, -0.2) is 13.8 Å². The second-order valence-electron chi connectivity index (χ2n) is 5.45. The van der Waals surface area contributed by atoms with Crippen LogP contribution in [0.25, 0.3) is 10.9 Å². The molecule has 1 aromatic carbocycles. The normalized spacial score (nSPS) is 16.7. The zero-order chi connectivity index (χ0) is 15.1. The number of hydrogen-bond donors (Lipinski definition) is 0. The monoisotopic (exact) mass is 311 g/mol. The molecule has 1 aromatic heterocycles. The van der Waals surface area contributed by atoms with Crippen LogP contribution in [0.2, 0.25) is 5.02 Å². The van der Waals surface area contributed by atoms with Gasteiger partial charge in [-0.1, -0.05) is 11.6 Å². The maximum Gasteiger partial charge on any atom is 0.137 e. The zero-order valence-corrected chi connectivity index (χ0v) is 12.7.